The number of hydrogen-bond acceptors (Lipinski definition) is 4. The highest BCUT2D eigenvalue weighted by Crippen LogP contribution is 2.11. The molecule has 0 aliphatic heterocycles. The molecule has 4 nitrogen and oxygen atoms in total. The number of nitrogens with two attached hydrogens (primary N) is 1. The van der Waals surface area contributed by atoms with Crippen LogP contribution in [0.5, 0.6) is 0 Å². The molecule has 0 aromatic rings. The lowest BCUT2D eigenvalue weighted by Crippen LogP contribution is -2.50. The highest BCUT2D eigenvalue weighted by atomic mass is 16.3. The van der Waals surface area contributed by atoms with Crippen LogP contribution in [-0.2, 0) is 0 Å². The van der Waals surface area contributed by atoms with Gasteiger partial charge in [0.1, 0.15) is 0 Å². The van der Waals surface area contributed by atoms with Gasteiger partial charge in [-0.25, -0.2) is 0 Å². The van der Waals surface area contributed by atoms with Crippen molar-refractivity contribution in [2.45, 2.75) is 18.4 Å². The summed E-state index contributed by atoms with van der Waals surface area (Å²) in [5.74, 6) is 0. The molecule has 0 fully saturated rings. The molecule has 0 unspecified atom stereocenters. The minimum atomic E-state index is -0.288. The normalized spacial score (nSPS) is 12.0. The van der Waals surface area contributed by atoms with Crippen LogP contribution in [-0.4, -0.2) is 42.6 Å². The highest BCUT2D eigenvalue weighted by Gasteiger charge is 2.24. The molecule has 0 aliphatic rings. The van der Waals surface area contributed by atoms with Gasteiger partial charge in [0.15, 0.2) is 0 Å². The first kappa shape index (κ1) is 10.8. The van der Waals surface area contributed by atoms with Crippen molar-refractivity contribution in [2.24, 2.45) is 5.73 Å². The fourth-order valence-electron chi connectivity index (χ4n) is 1.11. The van der Waals surface area contributed by atoms with E-state index in [2.05, 4.69) is 5.32 Å². The summed E-state index contributed by atoms with van der Waals surface area (Å²) in [6.07, 6.45) is 1.17. The van der Waals surface area contributed by atoms with Crippen molar-refractivity contribution in [3.8, 4) is 0 Å². The van der Waals surface area contributed by atoms with Crippen LogP contribution in [0.4, 0.5) is 0 Å². The number of hydrogen-bond donors (Lipinski definition) is 4. The monoisotopic (exact) mass is 162 g/mol. The molecule has 0 atom stereocenters. The van der Waals surface area contributed by atoms with Gasteiger partial charge in [0, 0.05) is 25.3 Å². The van der Waals surface area contributed by atoms with E-state index >= 15 is 0 Å². The summed E-state index contributed by atoms with van der Waals surface area (Å²) in [4.78, 5) is 0. The minimum absolute atomic E-state index is 0.0953. The van der Waals surface area contributed by atoms with E-state index in [-0.39, 0.29) is 18.8 Å². The summed E-state index contributed by atoms with van der Waals surface area (Å²) in [6, 6.07) is 0. The zero-order valence-electron chi connectivity index (χ0n) is 7.01. The van der Waals surface area contributed by atoms with E-state index in [1.807, 2.05) is 0 Å². The van der Waals surface area contributed by atoms with Gasteiger partial charge in [0.2, 0.25) is 0 Å². The van der Waals surface area contributed by atoms with Crippen LogP contribution in [0.2, 0.25) is 0 Å². The first-order valence-corrected chi connectivity index (χ1v) is 3.85. The number of likely N-dealkylation sites (N-methyl/N-ethyl adjacent to an activating group) is 1. The smallest absolute Gasteiger partial charge is 0.0449 e. The van der Waals surface area contributed by atoms with Crippen LogP contribution in [0.3, 0.4) is 0 Å². The quantitative estimate of drug-likeness (QED) is 0.390. The molecule has 68 valence electrons. The molecule has 5 N–H and O–H groups in total. The van der Waals surface area contributed by atoms with Crippen LogP contribution in [0.25, 0.3) is 0 Å². The largest absolute Gasteiger partial charge is 0.396 e. The zero-order valence-corrected chi connectivity index (χ0v) is 7.01. The van der Waals surface area contributed by atoms with E-state index in [1.165, 1.54) is 0 Å². The van der Waals surface area contributed by atoms with Gasteiger partial charge in [0.25, 0.3) is 0 Å². The predicted octanol–water partition coefficient (Wildman–Crippen LogP) is -1.33. The van der Waals surface area contributed by atoms with E-state index in [0.29, 0.717) is 19.4 Å². The van der Waals surface area contributed by atoms with E-state index in [4.69, 9.17) is 15.9 Å². The van der Waals surface area contributed by atoms with Crippen LogP contribution in [0, 0.1) is 0 Å². The van der Waals surface area contributed by atoms with Gasteiger partial charge in [-0.1, -0.05) is 0 Å². The average molecular weight is 162 g/mol. The molecular formula is C7H18N2O2. The summed E-state index contributed by atoms with van der Waals surface area (Å²) in [7, 11) is 1.79. The van der Waals surface area contributed by atoms with E-state index < -0.39 is 0 Å². The molecule has 0 spiro atoms. The summed E-state index contributed by atoms with van der Waals surface area (Å²) in [5, 5.41) is 20.4. The number of aliphatic hydroxyl groups excluding tert-OH is 2. The molecule has 0 bridgehead atoms. The fraction of sp³-hybridized carbons (Fsp3) is 1.00. The maximum atomic E-state index is 8.71. The zero-order chi connectivity index (χ0) is 8.74. The standard InChI is InChI=1S/C7H18N2O2/c1-9-7(6-8,2-4-10)3-5-11/h9-11H,2-6,8H2,1H3. The molecule has 0 aromatic carbocycles. The Balaban J connectivity index is 3.96. The molecule has 0 radical (unpaired) electrons. The summed E-state index contributed by atoms with van der Waals surface area (Å²) < 4.78 is 0. The molecule has 0 aliphatic carbocycles. The third kappa shape index (κ3) is 3.16. The summed E-state index contributed by atoms with van der Waals surface area (Å²) in [6.45, 7) is 0.626. The van der Waals surface area contributed by atoms with Crippen molar-refractivity contribution in [3.05, 3.63) is 0 Å². The first-order chi connectivity index (χ1) is 5.24. The molecule has 0 saturated heterocycles. The van der Waals surface area contributed by atoms with Crippen molar-refractivity contribution in [3.63, 3.8) is 0 Å². The molecule has 11 heavy (non-hydrogen) atoms. The molecule has 0 aromatic heterocycles. The Bertz CT molecular complexity index is 86.4. The minimum Gasteiger partial charge on any atom is -0.396 e. The predicted molar refractivity (Wildman–Crippen MR) is 44.3 cm³/mol. The SMILES string of the molecule is CNC(CN)(CCO)CCO. The van der Waals surface area contributed by atoms with Crippen molar-refractivity contribution in [1.29, 1.82) is 0 Å². The summed E-state index contributed by atoms with van der Waals surface area (Å²) in [5.41, 5.74) is 5.22. The Hall–Kier alpha value is -0.160. The van der Waals surface area contributed by atoms with Crippen LogP contribution >= 0.6 is 0 Å². The van der Waals surface area contributed by atoms with Gasteiger partial charge in [-0.3, -0.25) is 0 Å². The van der Waals surface area contributed by atoms with E-state index in [0.717, 1.165) is 0 Å². The fourth-order valence-corrected chi connectivity index (χ4v) is 1.11. The highest BCUT2D eigenvalue weighted by molar-refractivity contribution is 4.87. The van der Waals surface area contributed by atoms with Gasteiger partial charge in [-0.15, -0.1) is 0 Å². The molecule has 4 heteroatoms. The lowest BCUT2D eigenvalue weighted by atomic mass is 9.92. The van der Waals surface area contributed by atoms with Crippen LogP contribution < -0.4 is 11.1 Å². The molecular weight excluding hydrogens is 144 g/mol. The lowest BCUT2D eigenvalue weighted by molar-refractivity contribution is 0.175. The first-order valence-electron chi connectivity index (χ1n) is 3.85. The molecule has 0 amide bonds. The number of nitrogens with one attached hydrogen (secondary N) is 1. The van der Waals surface area contributed by atoms with Crippen LogP contribution in [0.15, 0.2) is 0 Å². The van der Waals surface area contributed by atoms with Gasteiger partial charge < -0.3 is 21.3 Å². The van der Waals surface area contributed by atoms with E-state index in [9.17, 15) is 0 Å². The Kier molecular flexibility index (Phi) is 5.41. The van der Waals surface area contributed by atoms with Gasteiger partial charge in [0.05, 0.1) is 0 Å². The van der Waals surface area contributed by atoms with Gasteiger partial charge in [-0.05, 0) is 19.9 Å². The Labute approximate surface area is 67.4 Å². The van der Waals surface area contributed by atoms with Crippen molar-refractivity contribution >= 4 is 0 Å². The summed E-state index contributed by atoms with van der Waals surface area (Å²) >= 11 is 0. The maximum Gasteiger partial charge on any atom is 0.0449 e. The number of rotatable bonds is 6. The third-order valence-electron chi connectivity index (χ3n) is 2.10. The van der Waals surface area contributed by atoms with Crippen molar-refractivity contribution < 1.29 is 10.2 Å². The molecule has 0 rings (SSSR count). The average Bonchev–Trinajstić information content (AvgIpc) is 2.04. The van der Waals surface area contributed by atoms with Crippen LogP contribution in [0.1, 0.15) is 12.8 Å². The van der Waals surface area contributed by atoms with Crippen molar-refractivity contribution in [2.75, 3.05) is 26.8 Å². The maximum absolute atomic E-state index is 8.71. The number of aliphatic hydroxyl groups is 2. The second-order valence-corrected chi connectivity index (χ2v) is 2.68. The molecule has 0 heterocycles. The van der Waals surface area contributed by atoms with E-state index in [1.54, 1.807) is 7.05 Å². The Morgan fingerprint density at radius 1 is 1.27 bits per heavy atom. The lowest BCUT2D eigenvalue weighted by Gasteiger charge is -2.30. The second kappa shape index (κ2) is 5.49. The Morgan fingerprint density at radius 3 is 1.91 bits per heavy atom. The second-order valence-electron chi connectivity index (χ2n) is 2.68. The third-order valence-corrected chi connectivity index (χ3v) is 2.10. The van der Waals surface area contributed by atoms with Gasteiger partial charge in [-0.2, -0.15) is 0 Å². The topological polar surface area (TPSA) is 78.5 Å². The Morgan fingerprint density at radius 2 is 1.73 bits per heavy atom. The van der Waals surface area contributed by atoms with Crippen molar-refractivity contribution in [1.82, 2.24) is 5.32 Å². The van der Waals surface area contributed by atoms with Gasteiger partial charge >= 0.3 is 0 Å². The molecule has 0 saturated carbocycles.